The lowest BCUT2D eigenvalue weighted by molar-refractivity contribution is -0.140. The summed E-state index contributed by atoms with van der Waals surface area (Å²) in [5, 5.41) is 12.3. The van der Waals surface area contributed by atoms with E-state index >= 15 is 0 Å². The number of amides is 1. The van der Waals surface area contributed by atoms with Crippen LogP contribution in [0.25, 0.3) is 0 Å². The SMILES string of the molecule is CCSC1CCCC1NC(=O)[C@@H]1C[C@@H]1C(=O)O. The van der Waals surface area contributed by atoms with Crippen LogP contribution in [0.2, 0.25) is 0 Å². The van der Waals surface area contributed by atoms with Gasteiger partial charge in [0.1, 0.15) is 0 Å². The zero-order valence-corrected chi connectivity index (χ0v) is 10.8. The summed E-state index contributed by atoms with van der Waals surface area (Å²) >= 11 is 1.90. The number of rotatable bonds is 5. The van der Waals surface area contributed by atoms with Crippen LogP contribution >= 0.6 is 11.8 Å². The maximum absolute atomic E-state index is 11.8. The summed E-state index contributed by atoms with van der Waals surface area (Å²) in [6, 6.07) is 0.252. The molecular formula is C12H19NO3S. The Morgan fingerprint density at radius 2 is 2.12 bits per heavy atom. The van der Waals surface area contributed by atoms with Gasteiger partial charge in [0, 0.05) is 11.3 Å². The Labute approximate surface area is 106 Å². The molecule has 2 aliphatic rings. The van der Waals surface area contributed by atoms with E-state index in [1.807, 2.05) is 11.8 Å². The summed E-state index contributed by atoms with van der Waals surface area (Å²) in [5.41, 5.74) is 0. The van der Waals surface area contributed by atoms with Gasteiger partial charge in [-0.25, -0.2) is 0 Å². The number of carboxylic acids is 1. The molecule has 4 nitrogen and oxygen atoms in total. The summed E-state index contributed by atoms with van der Waals surface area (Å²) in [6.07, 6.45) is 3.87. The van der Waals surface area contributed by atoms with Gasteiger partial charge in [-0.15, -0.1) is 0 Å². The molecule has 0 aromatic rings. The van der Waals surface area contributed by atoms with Crippen molar-refractivity contribution >= 4 is 23.6 Å². The van der Waals surface area contributed by atoms with E-state index in [1.54, 1.807) is 0 Å². The number of hydrogen-bond acceptors (Lipinski definition) is 3. The molecule has 0 aliphatic heterocycles. The molecule has 2 saturated carbocycles. The minimum Gasteiger partial charge on any atom is -0.481 e. The fourth-order valence-electron chi connectivity index (χ4n) is 2.55. The van der Waals surface area contributed by atoms with Gasteiger partial charge >= 0.3 is 5.97 Å². The molecule has 5 heteroatoms. The topological polar surface area (TPSA) is 66.4 Å². The Kier molecular flexibility index (Phi) is 3.97. The van der Waals surface area contributed by atoms with Gasteiger partial charge in [-0.3, -0.25) is 9.59 Å². The molecular weight excluding hydrogens is 238 g/mol. The minimum atomic E-state index is -0.837. The van der Waals surface area contributed by atoms with E-state index in [0.29, 0.717) is 11.7 Å². The predicted octanol–water partition coefficient (Wildman–Crippen LogP) is 1.50. The van der Waals surface area contributed by atoms with Crippen LogP contribution in [0.3, 0.4) is 0 Å². The molecule has 2 aliphatic carbocycles. The average molecular weight is 257 g/mol. The number of aliphatic carboxylic acids is 1. The van der Waals surface area contributed by atoms with E-state index in [2.05, 4.69) is 12.2 Å². The normalized spacial score (nSPS) is 35.6. The highest BCUT2D eigenvalue weighted by Crippen LogP contribution is 2.39. The van der Waals surface area contributed by atoms with Crippen LogP contribution in [0.5, 0.6) is 0 Å². The molecule has 96 valence electrons. The second-order valence-electron chi connectivity index (χ2n) is 4.83. The standard InChI is InChI=1S/C12H19NO3S/c1-2-17-10-5-3-4-9(10)13-11(14)7-6-8(7)12(15)16/h7-10H,2-6H2,1H3,(H,13,14)(H,15,16)/t7-,8+,9?,10?/m1/s1. The maximum atomic E-state index is 11.8. The zero-order chi connectivity index (χ0) is 12.4. The van der Waals surface area contributed by atoms with Crippen LogP contribution in [0.4, 0.5) is 0 Å². The van der Waals surface area contributed by atoms with Gasteiger partial charge in [-0.1, -0.05) is 13.3 Å². The van der Waals surface area contributed by atoms with Crippen molar-refractivity contribution in [2.45, 2.75) is 43.9 Å². The van der Waals surface area contributed by atoms with Crippen molar-refractivity contribution in [3.05, 3.63) is 0 Å². The molecule has 0 aromatic carbocycles. The van der Waals surface area contributed by atoms with Crippen LogP contribution in [0.1, 0.15) is 32.6 Å². The van der Waals surface area contributed by atoms with Crippen molar-refractivity contribution in [1.82, 2.24) is 5.32 Å². The van der Waals surface area contributed by atoms with Crippen LogP contribution in [0, 0.1) is 11.8 Å². The highest BCUT2D eigenvalue weighted by molar-refractivity contribution is 7.99. The first kappa shape index (κ1) is 12.7. The lowest BCUT2D eigenvalue weighted by atomic mass is 10.2. The monoisotopic (exact) mass is 257 g/mol. The Balaban J connectivity index is 1.81. The lowest BCUT2D eigenvalue weighted by Crippen LogP contribution is -2.40. The van der Waals surface area contributed by atoms with Crippen LogP contribution in [-0.4, -0.2) is 34.0 Å². The first-order valence-corrected chi connectivity index (χ1v) is 7.33. The quantitative estimate of drug-likeness (QED) is 0.783. The van der Waals surface area contributed by atoms with E-state index in [-0.39, 0.29) is 17.9 Å². The molecule has 0 aromatic heterocycles. The Morgan fingerprint density at radius 1 is 1.35 bits per heavy atom. The zero-order valence-electron chi connectivity index (χ0n) is 10.0. The van der Waals surface area contributed by atoms with E-state index in [9.17, 15) is 9.59 Å². The molecule has 0 spiro atoms. The van der Waals surface area contributed by atoms with Crippen molar-refractivity contribution in [2.75, 3.05) is 5.75 Å². The van der Waals surface area contributed by atoms with E-state index in [0.717, 1.165) is 25.0 Å². The first-order valence-electron chi connectivity index (χ1n) is 6.28. The molecule has 17 heavy (non-hydrogen) atoms. The third-order valence-electron chi connectivity index (χ3n) is 3.61. The van der Waals surface area contributed by atoms with E-state index in [4.69, 9.17) is 5.11 Å². The summed E-state index contributed by atoms with van der Waals surface area (Å²) in [7, 11) is 0. The second kappa shape index (κ2) is 5.29. The number of carbonyl (C=O) groups is 2. The fraction of sp³-hybridized carbons (Fsp3) is 0.833. The Bertz CT molecular complexity index is 321. The molecule has 0 heterocycles. The number of hydrogen-bond donors (Lipinski definition) is 2. The van der Waals surface area contributed by atoms with Gasteiger partial charge in [0.25, 0.3) is 0 Å². The molecule has 0 bridgehead atoms. The molecule has 1 amide bonds. The van der Waals surface area contributed by atoms with Crippen molar-refractivity contribution in [1.29, 1.82) is 0 Å². The summed E-state index contributed by atoms with van der Waals surface area (Å²) in [6.45, 7) is 2.13. The molecule has 2 unspecified atom stereocenters. The van der Waals surface area contributed by atoms with E-state index < -0.39 is 11.9 Å². The molecule has 2 fully saturated rings. The third kappa shape index (κ3) is 2.94. The van der Waals surface area contributed by atoms with Gasteiger partial charge in [0.15, 0.2) is 0 Å². The molecule has 2 rings (SSSR count). The molecule has 2 N–H and O–H groups in total. The largest absolute Gasteiger partial charge is 0.481 e. The Hall–Kier alpha value is -0.710. The Morgan fingerprint density at radius 3 is 2.71 bits per heavy atom. The van der Waals surface area contributed by atoms with Crippen LogP contribution in [0.15, 0.2) is 0 Å². The number of carboxylic acid groups (broad SMARTS) is 1. The van der Waals surface area contributed by atoms with Gasteiger partial charge in [0.05, 0.1) is 11.8 Å². The first-order chi connectivity index (χ1) is 8.13. The minimum absolute atomic E-state index is 0.0500. The van der Waals surface area contributed by atoms with Crippen molar-refractivity contribution in [2.24, 2.45) is 11.8 Å². The third-order valence-corrected chi connectivity index (χ3v) is 4.93. The fourth-order valence-corrected chi connectivity index (χ4v) is 3.75. The van der Waals surface area contributed by atoms with Gasteiger partial charge < -0.3 is 10.4 Å². The highest BCUT2D eigenvalue weighted by atomic mass is 32.2. The second-order valence-corrected chi connectivity index (χ2v) is 6.34. The molecule has 4 atom stereocenters. The van der Waals surface area contributed by atoms with Gasteiger partial charge in [-0.2, -0.15) is 11.8 Å². The van der Waals surface area contributed by atoms with Crippen molar-refractivity contribution in [3.8, 4) is 0 Å². The highest BCUT2D eigenvalue weighted by Gasteiger charge is 2.49. The summed E-state index contributed by atoms with van der Waals surface area (Å²) < 4.78 is 0. The van der Waals surface area contributed by atoms with Crippen molar-refractivity contribution < 1.29 is 14.7 Å². The molecule has 0 saturated heterocycles. The smallest absolute Gasteiger partial charge is 0.307 e. The maximum Gasteiger partial charge on any atom is 0.307 e. The number of thioether (sulfide) groups is 1. The van der Waals surface area contributed by atoms with Crippen LogP contribution < -0.4 is 5.32 Å². The number of nitrogens with one attached hydrogen (secondary N) is 1. The molecule has 0 radical (unpaired) electrons. The summed E-state index contributed by atoms with van der Waals surface area (Å²) in [5.74, 6) is -0.533. The van der Waals surface area contributed by atoms with E-state index in [1.165, 1.54) is 0 Å². The average Bonchev–Trinajstić information content (AvgIpc) is 2.98. The number of carbonyl (C=O) groups excluding carboxylic acids is 1. The van der Waals surface area contributed by atoms with Crippen LogP contribution in [-0.2, 0) is 9.59 Å². The summed E-state index contributed by atoms with van der Waals surface area (Å²) in [4.78, 5) is 22.5. The van der Waals surface area contributed by atoms with Gasteiger partial charge in [0.2, 0.25) is 5.91 Å². The lowest BCUT2D eigenvalue weighted by Gasteiger charge is -2.20. The van der Waals surface area contributed by atoms with Crippen molar-refractivity contribution in [3.63, 3.8) is 0 Å². The predicted molar refractivity (Wildman–Crippen MR) is 66.9 cm³/mol. The van der Waals surface area contributed by atoms with Gasteiger partial charge in [-0.05, 0) is 25.0 Å².